The number of nitrogens with one attached hydrogen (secondary N) is 1. The second-order valence-electron chi connectivity index (χ2n) is 6.74. The molecule has 0 spiro atoms. The summed E-state index contributed by atoms with van der Waals surface area (Å²) in [5.74, 6) is -0.554. The summed E-state index contributed by atoms with van der Waals surface area (Å²) in [7, 11) is -3.95. The Hall–Kier alpha value is -3.48. The van der Waals surface area contributed by atoms with Gasteiger partial charge in [0.2, 0.25) is 10.0 Å². The number of rotatable bonds is 9. The molecule has 13 heteroatoms. The van der Waals surface area contributed by atoms with Crippen molar-refractivity contribution in [3.8, 4) is 23.6 Å². The van der Waals surface area contributed by atoms with E-state index in [0.29, 0.717) is 15.6 Å². The summed E-state index contributed by atoms with van der Waals surface area (Å²) in [6.07, 6.45) is -0.0323. The summed E-state index contributed by atoms with van der Waals surface area (Å²) >= 11 is 12.1. The van der Waals surface area contributed by atoms with E-state index in [1.807, 2.05) is 12.1 Å². The van der Waals surface area contributed by atoms with Gasteiger partial charge in [-0.15, -0.1) is 5.10 Å². The Bertz CT molecular complexity index is 1360. The topological polar surface area (TPSA) is 153 Å². The van der Waals surface area contributed by atoms with E-state index in [1.54, 1.807) is 18.2 Å². The number of carbonyl (C=O) groups is 1. The fraction of sp³-hybridized carbons (Fsp3) is 0.190. The lowest BCUT2D eigenvalue weighted by atomic mass is 10.2. The van der Waals surface area contributed by atoms with E-state index in [4.69, 9.17) is 38.1 Å². The van der Waals surface area contributed by atoms with Gasteiger partial charge in [0.1, 0.15) is 0 Å². The van der Waals surface area contributed by atoms with Gasteiger partial charge in [-0.1, -0.05) is 28.3 Å². The van der Waals surface area contributed by atoms with E-state index in [0.717, 1.165) is 4.31 Å². The third-order valence-corrected chi connectivity index (χ3v) is 6.98. The minimum absolute atomic E-state index is 0.0162. The van der Waals surface area contributed by atoms with Crippen molar-refractivity contribution in [2.45, 2.75) is 17.7 Å². The standard InChI is InChI=1S/C21H16Cl2N6O4S/c22-15-5-8-18(23)17(13-15)20-27-28-21(33-20)26-19(30)14-3-6-16(7-4-14)34(31,32)29(11-1-9-24)12-2-10-25/h3-8,13H,1-2,11-12H2,(H,26,28,30). The maximum atomic E-state index is 12.9. The fourth-order valence-electron chi connectivity index (χ4n) is 2.84. The van der Waals surface area contributed by atoms with Crippen LogP contribution in [0.4, 0.5) is 6.01 Å². The molecule has 10 nitrogen and oxygen atoms in total. The summed E-state index contributed by atoms with van der Waals surface area (Å²) in [5, 5.41) is 28.3. The number of anilines is 1. The molecule has 0 aliphatic heterocycles. The Labute approximate surface area is 205 Å². The maximum Gasteiger partial charge on any atom is 0.322 e. The summed E-state index contributed by atoms with van der Waals surface area (Å²) in [6, 6.07) is 13.5. The predicted molar refractivity (Wildman–Crippen MR) is 123 cm³/mol. The van der Waals surface area contributed by atoms with Crippen molar-refractivity contribution in [2.75, 3.05) is 18.4 Å². The van der Waals surface area contributed by atoms with E-state index < -0.39 is 15.9 Å². The lowest BCUT2D eigenvalue weighted by Gasteiger charge is -2.20. The number of nitriles is 2. The Kier molecular flexibility index (Phi) is 8.21. The number of nitrogens with zero attached hydrogens (tertiary/aromatic N) is 5. The number of halogens is 2. The first-order valence-corrected chi connectivity index (χ1v) is 11.9. The summed E-state index contributed by atoms with van der Waals surface area (Å²) in [6.45, 7) is -0.0855. The van der Waals surface area contributed by atoms with Crippen LogP contribution >= 0.6 is 23.2 Å². The first-order chi connectivity index (χ1) is 16.3. The second-order valence-corrected chi connectivity index (χ2v) is 9.52. The Morgan fingerprint density at radius 1 is 1.03 bits per heavy atom. The van der Waals surface area contributed by atoms with Crippen LogP contribution in [0.15, 0.2) is 51.8 Å². The Morgan fingerprint density at radius 2 is 1.68 bits per heavy atom. The molecule has 2 aromatic carbocycles. The SMILES string of the molecule is N#CCCN(CCC#N)S(=O)(=O)c1ccc(C(=O)Nc2nnc(-c3cc(Cl)ccc3Cl)o2)cc1. The highest BCUT2D eigenvalue weighted by atomic mass is 35.5. The third-order valence-electron chi connectivity index (χ3n) is 4.50. The van der Waals surface area contributed by atoms with Crippen LogP contribution in [0.25, 0.3) is 11.5 Å². The largest absolute Gasteiger partial charge is 0.403 e. The molecule has 0 unspecified atom stereocenters. The van der Waals surface area contributed by atoms with Gasteiger partial charge in [-0.05, 0) is 42.5 Å². The van der Waals surface area contributed by atoms with E-state index in [-0.39, 0.29) is 48.3 Å². The van der Waals surface area contributed by atoms with Crippen LogP contribution in [0.3, 0.4) is 0 Å². The molecule has 1 aromatic heterocycles. The lowest BCUT2D eigenvalue weighted by molar-refractivity contribution is 0.102. The summed E-state index contributed by atoms with van der Waals surface area (Å²) in [4.78, 5) is 12.5. The van der Waals surface area contributed by atoms with Gasteiger partial charge >= 0.3 is 6.01 Å². The molecule has 0 aliphatic carbocycles. The highest BCUT2D eigenvalue weighted by Gasteiger charge is 2.24. The fourth-order valence-corrected chi connectivity index (χ4v) is 4.65. The summed E-state index contributed by atoms with van der Waals surface area (Å²) in [5.41, 5.74) is 0.536. The number of hydrogen-bond acceptors (Lipinski definition) is 8. The van der Waals surface area contributed by atoms with Crippen molar-refractivity contribution >= 4 is 45.1 Å². The molecule has 3 rings (SSSR count). The molecule has 1 N–H and O–H groups in total. The molecule has 0 atom stereocenters. The monoisotopic (exact) mass is 518 g/mol. The number of hydrogen-bond donors (Lipinski definition) is 1. The van der Waals surface area contributed by atoms with Gasteiger partial charge in [0, 0.05) is 36.5 Å². The third kappa shape index (κ3) is 5.90. The number of benzene rings is 2. The van der Waals surface area contributed by atoms with E-state index >= 15 is 0 Å². The van der Waals surface area contributed by atoms with E-state index in [2.05, 4.69) is 15.5 Å². The average Bonchev–Trinajstić information content (AvgIpc) is 3.28. The van der Waals surface area contributed by atoms with Gasteiger partial charge in [0.15, 0.2) is 0 Å². The number of sulfonamides is 1. The number of carbonyl (C=O) groups excluding carboxylic acids is 1. The van der Waals surface area contributed by atoms with E-state index in [1.165, 1.54) is 24.3 Å². The van der Waals surface area contributed by atoms with Crippen LogP contribution in [-0.4, -0.2) is 41.9 Å². The lowest BCUT2D eigenvalue weighted by Crippen LogP contribution is -2.32. The molecule has 174 valence electrons. The molecule has 3 aromatic rings. The van der Waals surface area contributed by atoms with Gasteiger partial charge in [-0.3, -0.25) is 10.1 Å². The molecule has 0 radical (unpaired) electrons. The zero-order valence-electron chi connectivity index (χ0n) is 17.4. The van der Waals surface area contributed by atoms with Crippen molar-refractivity contribution in [3.05, 3.63) is 58.1 Å². The predicted octanol–water partition coefficient (Wildman–Crippen LogP) is 4.11. The van der Waals surface area contributed by atoms with Gasteiger partial charge in [-0.25, -0.2) is 8.42 Å². The van der Waals surface area contributed by atoms with Crippen LogP contribution in [0.2, 0.25) is 10.0 Å². The van der Waals surface area contributed by atoms with Gasteiger partial charge in [0.05, 0.1) is 27.6 Å². The molecule has 0 fully saturated rings. The second kappa shape index (κ2) is 11.1. The highest BCUT2D eigenvalue weighted by Crippen LogP contribution is 2.30. The normalized spacial score (nSPS) is 11.1. The summed E-state index contributed by atoms with van der Waals surface area (Å²) < 4.78 is 32.2. The van der Waals surface area contributed by atoms with Crippen molar-refractivity contribution in [1.29, 1.82) is 10.5 Å². The van der Waals surface area contributed by atoms with Crippen LogP contribution in [0, 0.1) is 22.7 Å². The molecule has 0 bridgehead atoms. The molecule has 0 saturated heterocycles. The van der Waals surface area contributed by atoms with E-state index in [9.17, 15) is 13.2 Å². The van der Waals surface area contributed by atoms with Gasteiger partial charge in [0.25, 0.3) is 11.8 Å². The van der Waals surface area contributed by atoms with Crippen LogP contribution < -0.4 is 5.32 Å². The number of amides is 1. The molecular weight excluding hydrogens is 503 g/mol. The molecule has 0 saturated carbocycles. The molecule has 1 heterocycles. The smallest absolute Gasteiger partial charge is 0.322 e. The zero-order valence-corrected chi connectivity index (χ0v) is 19.7. The minimum atomic E-state index is -3.95. The van der Waals surface area contributed by atoms with Gasteiger partial charge in [-0.2, -0.15) is 14.8 Å². The molecule has 1 amide bonds. The quantitative estimate of drug-likeness (QED) is 0.443. The highest BCUT2D eigenvalue weighted by molar-refractivity contribution is 7.89. The average molecular weight is 519 g/mol. The van der Waals surface area contributed by atoms with Gasteiger partial charge < -0.3 is 4.42 Å². The zero-order chi connectivity index (χ0) is 24.7. The minimum Gasteiger partial charge on any atom is -0.403 e. The Morgan fingerprint density at radius 3 is 2.29 bits per heavy atom. The number of aromatic nitrogens is 2. The first-order valence-electron chi connectivity index (χ1n) is 9.70. The molecule has 34 heavy (non-hydrogen) atoms. The van der Waals surface area contributed by atoms with Crippen molar-refractivity contribution in [2.24, 2.45) is 0 Å². The van der Waals surface area contributed by atoms with Crippen molar-refractivity contribution in [1.82, 2.24) is 14.5 Å². The molecular formula is C21H16Cl2N6O4S. The maximum absolute atomic E-state index is 12.9. The van der Waals surface area contributed by atoms with Crippen molar-refractivity contribution in [3.63, 3.8) is 0 Å². The van der Waals surface area contributed by atoms with Crippen LogP contribution in [0.5, 0.6) is 0 Å². The van der Waals surface area contributed by atoms with Crippen LogP contribution in [0.1, 0.15) is 23.2 Å². The van der Waals surface area contributed by atoms with Crippen LogP contribution in [-0.2, 0) is 10.0 Å². The first kappa shape index (κ1) is 25.1. The van der Waals surface area contributed by atoms with Crippen molar-refractivity contribution < 1.29 is 17.6 Å². The molecule has 0 aliphatic rings. The Balaban J connectivity index is 1.74.